The first-order chi connectivity index (χ1) is 6.74. The third kappa shape index (κ3) is 6.88. The van der Waals surface area contributed by atoms with Gasteiger partial charge >= 0.3 is 0 Å². The van der Waals surface area contributed by atoms with Gasteiger partial charge in [-0.25, -0.2) is 0 Å². The summed E-state index contributed by atoms with van der Waals surface area (Å²) in [6.45, 7) is 6.66. The van der Waals surface area contributed by atoms with Gasteiger partial charge in [-0.2, -0.15) is 0 Å². The molecule has 1 nitrogen and oxygen atoms in total. The molecule has 0 aliphatic rings. The van der Waals surface area contributed by atoms with E-state index in [1.807, 2.05) is 7.05 Å². The smallest absolute Gasteiger partial charge is 0.0344 e. The van der Waals surface area contributed by atoms with E-state index in [1.54, 1.807) is 0 Å². The lowest BCUT2D eigenvalue weighted by Crippen LogP contribution is -1.95. The molecule has 0 aromatic rings. The molecule has 14 heavy (non-hydrogen) atoms. The molecule has 0 N–H and O–H groups in total. The molecule has 0 heterocycles. The second kappa shape index (κ2) is 8.98. The lowest BCUT2D eigenvalue weighted by molar-refractivity contribution is 0.742. The van der Waals surface area contributed by atoms with Crippen LogP contribution >= 0.6 is 0 Å². The van der Waals surface area contributed by atoms with Crippen LogP contribution < -0.4 is 0 Å². The quantitative estimate of drug-likeness (QED) is 0.422. The van der Waals surface area contributed by atoms with Crippen molar-refractivity contribution >= 4 is 5.71 Å². The maximum atomic E-state index is 4.32. The zero-order valence-electron chi connectivity index (χ0n) is 10.3. The summed E-state index contributed by atoms with van der Waals surface area (Å²) in [6.07, 6.45) is 9.72. The fraction of sp³-hybridized carbons (Fsp3) is 0.769. The Morgan fingerprint density at radius 3 is 2.29 bits per heavy atom. The van der Waals surface area contributed by atoms with Crippen molar-refractivity contribution < 1.29 is 0 Å². The predicted molar refractivity (Wildman–Crippen MR) is 66.2 cm³/mol. The number of hydrogen-bond acceptors (Lipinski definition) is 1. The Morgan fingerprint density at radius 1 is 1.07 bits per heavy atom. The highest BCUT2D eigenvalue weighted by molar-refractivity contribution is 5.95. The molecule has 82 valence electrons. The zero-order chi connectivity index (χ0) is 10.8. The summed E-state index contributed by atoms with van der Waals surface area (Å²) < 4.78 is 0. The second-order valence-electron chi connectivity index (χ2n) is 3.91. The topological polar surface area (TPSA) is 12.4 Å². The van der Waals surface area contributed by atoms with Crippen LogP contribution in [0.25, 0.3) is 0 Å². The molecule has 0 aliphatic heterocycles. The van der Waals surface area contributed by atoms with Crippen LogP contribution in [0.2, 0.25) is 0 Å². The Balaban J connectivity index is 3.96. The first-order valence-electron chi connectivity index (χ1n) is 5.87. The largest absolute Gasteiger partial charge is 0.293 e. The van der Waals surface area contributed by atoms with E-state index in [4.69, 9.17) is 0 Å². The summed E-state index contributed by atoms with van der Waals surface area (Å²) >= 11 is 0. The van der Waals surface area contributed by atoms with E-state index in [0.29, 0.717) is 0 Å². The van der Waals surface area contributed by atoms with Gasteiger partial charge in [-0.15, -0.1) is 0 Å². The molecule has 0 spiro atoms. The Morgan fingerprint density at radius 2 is 1.79 bits per heavy atom. The SMILES string of the molecule is CCCCCC(/C=C(/C)CCC)=NC. The van der Waals surface area contributed by atoms with Crippen molar-refractivity contribution in [2.24, 2.45) is 4.99 Å². The number of hydrogen-bond donors (Lipinski definition) is 0. The van der Waals surface area contributed by atoms with E-state index in [2.05, 4.69) is 31.8 Å². The van der Waals surface area contributed by atoms with Gasteiger partial charge in [-0.1, -0.05) is 38.7 Å². The Kier molecular flexibility index (Phi) is 8.61. The number of rotatable bonds is 7. The minimum absolute atomic E-state index is 1.14. The van der Waals surface area contributed by atoms with Crippen LogP contribution in [-0.4, -0.2) is 12.8 Å². The van der Waals surface area contributed by atoms with E-state index in [0.717, 1.165) is 6.42 Å². The van der Waals surface area contributed by atoms with Gasteiger partial charge in [0.1, 0.15) is 0 Å². The molecule has 0 aliphatic carbocycles. The van der Waals surface area contributed by atoms with Crippen LogP contribution in [0.1, 0.15) is 59.3 Å². The summed E-state index contributed by atoms with van der Waals surface area (Å²) in [4.78, 5) is 4.32. The Labute approximate surface area is 89.3 Å². The molecule has 0 saturated carbocycles. The molecule has 0 aromatic heterocycles. The van der Waals surface area contributed by atoms with Crippen LogP contribution in [0.15, 0.2) is 16.6 Å². The van der Waals surface area contributed by atoms with Crippen molar-refractivity contribution in [3.05, 3.63) is 11.6 Å². The van der Waals surface area contributed by atoms with Gasteiger partial charge < -0.3 is 0 Å². The van der Waals surface area contributed by atoms with Crippen molar-refractivity contribution in [3.8, 4) is 0 Å². The fourth-order valence-electron chi connectivity index (χ4n) is 1.56. The number of nitrogens with zero attached hydrogens (tertiary/aromatic N) is 1. The summed E-state index contributed by atoms with van der Waals surface area (Å²) in [6, 6.07) is 0. The first-order valence-corrected chi connectivity index (χ1v) is 5.87. The van der Waals surface area contributed by atoms with Gasteiger partial charge in [0, 0.05) is 12.8 Å². The average molecular weight is 195 g/mol. The third-order valence-electron chi connectivity index (χ3n) is 2.38. The summed E-state index contributed by atoms with van der Waals surface area (Å²) in [5, 5.41) is 0. The highest BCUT2D eigenvalue weighted by atomic mass is 14.7. The standard InChI is InChI=1S/C13H25N/c1-5-7-8-10-13(14-4)11-12(3)9-6-2/h11H,5-10H2,1-4H3/b12-11-,14-13?. The molecule has 0 bridgehead atoms. The zero-order valence-corrected chi connectivity index (χ0v) is 10.3. The van der Waals surface area contributed by atoms with Gasteiger partial charge in [0.15, 0.2) is 0 Å². The molecule has 0 amide bonds. The monoisotopic (exact) mass is 195 g/mol. The number of unbranched alkanes of at least 4 members (excludes halogenated alkanes) is 2. The molecule has 0 aromatic carbocycles. The summed E-state index contributed by atoms with van der Waals surface area (Å²) in [5.74, 6) is 0. The van der Waals surface area contributed by atoms with E-state index in [1.165, 1.54) is 43.4 Å². The summed E-state index contributed by atoms with van der Waals surface area (Å²) in [7, 11) is 1.90. The maximum absolute atomic E-state index is 4.32. The lowest BCUT2D eigenvalue weighted by atomic mass is 10.1. The van der Waals surface area contributed by atoms with Crippen molar-refractivity contribution in [1.82, 2.24) is 0 Å². The molecular weight excluding hydrogens is 170 g/mol. The average Bonchev–Trinajstić information content (AvgIpc) is 2.17. The van der Waals surface area contributed by atoms with E-state index in [9.17, 15) is 0 Å². The van der Waals surface area contributed by atoms with Crippen LogP contribution in [0.5, 0.6) is 0 Å². The second-order valence-corrected chi connectivity index (χ2v) is 3.91. The fourth-order valence-corrected chi connectivity index (χ4v) is 1.56. The number of aliphatic imine (C=N–C) groups is 1. The normalized spacial score (nSPS) is 13.4. The molecule has 1 heteroatoms. The predicted octanol–water partition coefficient (Wildman–Crippen LogP) is 4.38. The van der Waals surface area contributed by atoms with Crippen LogP contribution in [0, 0.1) is 0 Å². The maximum Gasteiger partial charge on any atom is 0.0344 e. The van der Waals surface area contributed by atoms with Crippen molar-refractivity contribution in [2.45, 2.75) is 59.3 Å². The molecule has 0 atom stereocenters. The van der Waals surface area contributed by atoms with Gasteiger partial charge in [-0.3, -0.25) is 4.99 Å². The van der Waals surface area contributed by atoms with Crippen LogP contribution in [0.4, 0.5) is 0 Å². The lowest BCUT2D eigenvalue weighted by Gasteiger charge is -2.02. The summed E-state index contributed by atoms with van der Waals surface area (Å²) in [5.41, 5.74) is 2.73. The van der Waals surface area contributed by atoms with Crippen LogP contribution in [-0.2, 0) is 0 Å². The van der Waals surface area contributed by atoms with Crippen molar-refractivity contribution in [2.75, 3.05) is 7.05 Å². The van der Waals surface area contributed by atoms with Crippen molar-refractivity contribution in [1.29, 1.82) is 0 Å². The Bertz CT molecular complexity index is 189. The highest BCUT2D eigenvalue weighted by Gasteiger charge is 1.95. The number of allylic oxidation sites excluding steroid dienone is 2. The van der Waals surface area contributed by atoms with Crippen LogP contribution in [0.3, 0.4) is 0 Å². The minimum atomic E-state index is 1.14. The molecular formula is C13H25N. The molecule has 0 unspecified atom stereocenters. The van der Waals surface area contributed by atoms with E-state index in [-0.39, 0.29) is 0 Å². The van der Waals surface area contributed by atoms with Gasteiger partial charge in [0.25, 0.3) is 0 Å². The van der Waals surface area contributed by atoms with E-state index >= 15 is 0 Å². The third-order valence-corrected chi connectivity index (χ3v) is 2.38. The van der Waals surface area contributed by atoms with E-state index < -0.39 is 0 Å². The molecule has 0 saturated heterocycles. The minimum Gasteiger partial charge on any atom is -0.293 e. The van der Waals surface area contributed by atoms with Crippen molar-refractivity contribution in [3.63, 3.8) is 0 Å². The molecule has 0 fully saturated rings. The molecule has 0 rings (SSSR count). The van der Waals surface area contributed by atoms with Gasteiger partial charge in [-0.05, 0) is 32.3 Å². The van der Waals surface area contributed by atoms with Gasteiger partial charge in [0.2, 0.25) is 0 Å². The Hall–Kier alpha value is -0.590. The molecule has 0 radical (unpaired) electrons. The first kappa shape index (κ1) is 13.4. The highest BCUT2D eigenvalue weighted by Crippen LogP contribution is 2.07. The van der Waals surface area contributed by atoms with Gasteiger partial charge in [0.05, 0.1) is 0 Å².